The van der Waals surface area contributed by atoms with Gasteiger partial charge in [0.15, 0.2) is 0 Å². The van der Waals surface area contributed by atoms with Crippen LogP contribution in [0.25, 0.3) is 10.8 Å². The second-order valence-electron chi connectivity index (χ2n) is 5.50. The zero-order valence-electron chi connectivity index (χ0n) is 11.2. The first-order valence-electron chi connectivity index (χ1n) is 6.84. The smallest absolute Gasteiger partial charge is 0.231 e. The van der Waals surface area contributed by atoms with Crippen LogP contribution in [0, 0.1) is 5.41 Å². The Morgan fingerprint density at radius 2 is 1.90 bits per heavy atom. The maximum Gasteiger partial charge on any atom is 0.231 e. The van der Waals surface area contributed by atoms with Crippen molar-refractivity contribution < 1.29 is 4.79 Å². The predicted octanol–water partition coefficient (Wildman–Crippen LogP) is 3.67. The number of carbonyl (C=O) groups excluding carboxylic acids is 1. The Kier molecular flexibility index (Phi) is 3.52. The van der Waals surface area contributed by atoms with E-state index in [0.29, 0.717) is 6.54 Å². The standard InChI is InChI=1S/C16H17BrN2O/c17-13-4-2-12-9-14(5-3-11(12)8-13)19-15(20)16(10-18)6-1-7-16/h2-5,8-9H,1,6-7,10,18H2,(H,19,20). The highest BCUT2D eigenvalue weighted by molar-refractivity contribution is 9.10. The molecule has 1 fully saturated rings. The van der Waals surface area contributed by atoms with Gasteiger partial charge in [0.1, 0.15) is 0 Å². The Balaban J connectivity index is 1.84. The summed E-state index contributed by atoms with van der Waals surface area (Å²) < 4.78 is 1.05. The molecule has 0 bridgehead atoms. The van der Waals surface area contributed by atoms with E-state index in [1.807, 2.05) is 30.3 Å². The number of nitrogens with one attached hydrogen (secondary N) is 1. The molecular formula is C16H17BrN2O. The van der Waals surface area contributed by atoms with Gasteiger partial charge in [-0.05, 0) is 47.9 Å². The predicted molar refractivity (Wildman–Crippen MR) is 85.6 cm³/mol. The molecule has 2 aromatic rings. The fraction of sp³-hybridized carbons (Fsp3) is 0.312. The maximum atomic E-state index is 12.3. The number of amides is 1. The van der Waals surface area contributed by atoms with Gasteiger partial charge in [0, 0.05) is 16.7 Å². The maximum absolute atomic E-state index is 12.3. The molecule has 1 aliphatic carbocycles. The molecule has 0 aromatic heterocycles. The quantitative estimate of drug-likeness (QED) is 0.900. The zero-order chi connectivity index (χ0) is 14.2. The first kappa shape index (κ1) is 13.6. The monoisotopic (exact) mass is 332 g/mol. The minimum atomic E-state index is -0.339. The average molecular weight is 333 g/mol. The van der Waals surface area contributed by atoms with Gasteiger partial charge in [-0.25, -0.2) is 0 Å². The Labute approximate surface area is 126 Å². The fourth-order valence-corrected chi connectivity index (χ4v) is 3.06. The Morgan fingerprint density at radius 3 is 2.55 bits per heavy atom. The number of rotatable bonds is 3. The first-order valence-corrected chi connectivity index (χ1v) is 7.63. The molecule has 1 saturated carbocycles. The van der Waals surface area contributed by atoms with Gasteiger partial charge in [0.25, 0.3) is 0 Å². The third-order valence-electron chi connectivity index (χ3n) is 4.24. The molecule has 1 aliphatic rings. The van der Waals surface area contributed by atoms with Crippen molar-refractivity contribution in [3.05, 3.63) is 40.9 Å². The van der Waals surface area contributed by atoms with Gasteiger partial charge in [-0.1, -0.05) is 34.5 Å². The SMILES string of the molecule is NCC1(C(=O)Nc2ccc3cc(Br)ccc3c2)CCC1. The molecular weight excluding hydrogens is 316 g/mol. The summed E-state index contributed by atoms with van der Waals surface area (Å²) in [6.45, 7) is 0.430. The number of hydrogen-bond acceptors (Lipinski definition) is 2. The van der Waals surface area contributed by atoms with Gasteiger partial charge < -0.3 is 11.1 Å². The minimum absolute atomic E-state index is 0.0581. The molecule has 4 heteroatoms. The number of nitrogens with two attached hydrogens (primary N) is 1. The summed E-state index contributed by atoms with van der Waals surface area (Å²) in [6.07, 6.45) is 2.89. The number of carbonyl (C=O) groups is 1. The van der Waals surface area contributed by atoms with E-state index < -0.39 is 0 Å². The fourth-order valence-electron chi connectivity index (χ4n) is 2.69. The highest BCUT2D eigenvalue weighted by Crippen LogP contribution is 2.40. The van der Waals surface area contributed by atoms with Crippen molar-refractivity contribution in [2.24, 2.45) is 11.1 Å². The molecule has 0 aliphatic heterocycles. The normalized spacial score (nSPS) is 16.7. The van der Waals surface area contributed by atoms with Crippen LogP contribution in [0.15, 0.2) is 40.9 Å². The van der Waals surface area contributed by atoms with Crippen molar-refractivity contribution in [3.63, 3.8) is 0 Å². The van der Waals surface area contributed by atoms with E-state index in [-0.39, 0.29) is 11.3 Å². The van der Waals surface area contributed by atoms with Gasteiger partial charge in [-0.3, -0.25) is 4.79 Å². The Morgan fingerprint density at radius 1 is 1.20 bits per heavy atom. The lowest BCUT2D eigenvalue weighted by atomic mass is 9.68. The van der Waals surface area contributed by atoms with E-state index in [9.17, 15) is 4.79 Å². The van der Waals surface area contributed by atoms with Crippen LogP contribution in [0.3, 0.4) is 0 Å². The molecule has 3 nitrogen and oxygen atoms in total. The van der Waals surface area contributed by atoms with Crippen LogP contribution in [-0.2, 0) is 4.79 Å². The molecule has 0 unspecified atom stereocenters. The molecule has 2 aromatic carbocycles. The topological polar surface area (TPSA) is 55.1 Å². The third kappa shape index (κ3) is 2.34. The minimum Gasteiger partial charge on any atom is -0.329 e. The second kappa shape index (κ2) is 5.19. The highest BCUT2D eigenvalue weighted by atomic mass is 79.9. The highest BCUT2D eigenvalue weighted by Gasteiger charge is 2.42. The molecule has 0 saturated heterocycles. The van der Waals surface area contributed by atoms with Crippen LogP contribution < -0.4 is 11.1 Å². The van der Waals surface area contributed by atoms with Gasteiger partial charge >= 0.3 is 0 Å². The number of hydrogen-bond donors (Lipinski definition) is 2. The second-order valence-corrected chi connectivity index (χ2v) is 6.41. The van der Waals surface area contributed by atoms with Crippen molar-refractivity contribution in [3.8, 4) is 0 Å². The zero-order valence-corrected chi connectivity index (χ0v) is 12.7. The molecule has 0 radical (unpaired) electrons. The summed E-state index contributed by atoms with van der Waals surface area (Å²) >= 11 is 3.46. The molecule has 0 atom stereocenters. The van der Waals surface area contributed by atoms with E-state index in [1.165, 1.54) is 0 Å². The molecule has 1 amide bonds. The summed E-state index contributed by atoms with van der Waals surface area (Å²) in [5.41, 5.74) is 6.26. The largest absolute Gasteiger partial charge is 0.329 e. The van der Waals surface area contributed by atoms with E-state index in [2.05, 4.69) is 27.3 Å². The Bertz CT molecular complexity index is 659. The summed E-state index contributed by atoms with van der Waals surface area (Å²) in [4.78, 5) is 12.3. The number of halogens is 1. The van der Waals surface area contributed by atoms with Gasteiger partial charge in [0.2, 0.25) is 5.91 Å². The van der Waals surface area contributed by atoms with Crippen LogP contribution in [-0.4, -0.2) is 12.5 Å². The van der Waals surface area contributed by atoms with Crippen LogP contribution >= 0.6 is 15.9 Å². The number of anilines is 1. The number of fused-ring (bicyclic) bond motifs is 1. The van der Waals surface area contributed by atoms with Gasteiger partial charge in [-0.2, -0.15) is 0 Å². The molecule has 0 spiro atoms. The van der Waals surface area contributed by atoms with Gasteiger partial charge in [-0.15, -0.1) is 0 Å². The van der Waals surface area contributed by atoms with Crippen molar-refractivity contribution in [2.45, 2.75) is 19.3 Å². The summed E-state index contributed by atoms with van der Waals surface area (Å²) in [7, 11) is 0. The number of benzene rings is 2. The van der Waals surface area contributed by atoms with E-state index in [0.717, 1.165) is 40.2 Å². The average Bonchev–Trinajstić information content (AvgIpc) is 2.38. The van der Waals surface area contributed by atoms with E-state index in [4.69, 9.17) is 5.73 Å². The lowest BCUT2D eigenvalue weighted by Crippen LogP contribution is -2.47. The summed E-state index contributed by atoms with van der Waals surface area (Å²) in [5.74, 6) is 0.0581. The first-order chi connectivity index (χ1) is 9.63. The lowest BCUT2D eigenvalue weighted by molar-refractivity contribution is -0.129. The van der Waals surface area contributed by atoms with Gasteiger partial charge in [0.05, 0.1) is 5.41 Å². The van der Waals surface area contributed by atoms with E-state index >= 15 is 0 Å². The Hall–Kier alpha value is -1.39. The third-order valence-corrected chi connectivity index (χ3v) is 4.74. The van der Waals surface area contributed by atoms with Crippen LogP contribution in [0.1, 0.15) is 19.3 Å². The summed E-state index contributed by atoms with van der Waals surface area (Å²) in [6, 6.07) is 12.1. The van der Waals surface area contributed by atoms with Crippen LogP contribution in [0.4, 0.5) is 5.69 Å². The molecule has 3 rings (SSSR count). The van der Waals surface area contributed by atoms with Crippen molar-refractivity contribution >= 4 is 38.3 Å². The van der Waals surface area contributed by atoms with Crippen molar-refractivity contribution in [1.29, 1.82) is 0 Å². The molecule has 0 heterocycles. The lowest BCUT2D eigenvalue weighted by Gasteiger charge is -2.39. The van der Waals surface area contributed by atoms with Crippen molar-refractivity contribution in [2.75, 3.05) is 11.9 Å². The van der Waals surface area contributed by atoms with Crippen molar-refractivity contribution in [1.82, 2.24) is 0 Å². The molecule has 104 valence electrons. The van der Waals surface area contributed by atoms with Crippen LogP contribution in [0.2, 0.25) is 0 Å². The van der Waals surface area contributed by atoms with Crippen LogP contribution in [0.5, 0.6) is 0 Å². The molecule has 3 N–H and O–H groups in total. The molecule has 20 heavy (non-hydrogen) atoms. The summed E-state index contributed by atoms with van der Waals surface area (Å²) in [5, 5.41) is 5.27. The van der Waals surface area contributed by atoms with E-state index in [1.54, 1.807) is 0 Å².